The lowest BCUT2D eigenvalue weighted by atomic mass is 10.0. The third-order valence-corrected chi connectivity index (χ3v) is 4.81. The topological polar surface area (TPSA) is 86.7 Å². The lowest BCUT2D eigenvalue weighted by Crippen LogP contribution is -2.27. The van der Waals surface area contributed by atoms with Gasteiger partial charge in [-0.2, -0.15) is 8.42 Å². The summed E-state index contributed by atoms with van der Waals surface area (Å²) in [7, 11) is -4.43. The van der Waals surface area contributed by atoms with Crippen LogP contribution in [0.4, 0.5) is 10.5 Å². The number of nitrogens with zero attached hydrogens (tertiary/aromatic N) is 1. The van der Waals surface area contributed by atoms with Gasteiger partial charge in [-0.3, -0.25) is 9.45 Å². The van der Waals surface area contributed by atoms with Crippen LogP contribution in [0, 0.1) is 0 Å². The monoisotopic (exact) mass is 352 g/mol. The molecular formula is C15H13ClN2O4S. The Hall–Kier alpha value is -2.09. The largest absolute Gasteiger partial charge is 0.336 e. The van der Waals surface area contributed by atoms with Gasteiger partial charge in [0.15, 0.2) is 0 Å². The number of urea groups is 1. The summed E-state index contributed by atoms with van der Waals surface area (Å²) in [6.45, 7) is 0.992. The molecule has 2 N–H and O–H groups in total. The number of nitrogens with one attached hydrogen (secondary N) is 1. The van der Waals surface area contributed by atoms with Gasteiger partial charge in [-0.1, -0.05) is 29.8 Å². The van der Waals surface area contributed by atoms with Gasteiger partial charge in [-0.05, 0) is 24.3 Å². The number of amides is 2. The van der Waals surface area contributed by atoms with E-state index in [-0.39, 0.29) is 16.5 Å². The van der Waals surface area contributed by atoms with E-state index in [0.717, 1.165) is 0 Å². The molecule has 2 aromatic carbocycles. The zero-order valence-electron chi connectivity index (χ0n) is 11.9. The molecule has 0 spiro atoms. The number of hydrogen-bond acceptors (Lipinski definition) is 3. The van der Waals surface area contributed by atoms with Crippen LogP contribution in [0.5, 0.6) is 0 Å². The highest BCUT2D eigenvalue weighted by molar-refractivity contribution is 7.86. The Bertz CT molecular complexity index is 883. The van der Waals surface area contributed by atoms with Crippen LogP contribution >= 0.6 is 11.6 Å². The lowest BCUT2D eigenvalue weighted by molar-refractivity contribution is 0.252. The molecule has 1 saturated heterocycles. The number of carbonyl (C=O) groups is 1. The molecule has 1 aliphatic heterocycles. The van der Waals surface area contributed by atoms with Crippen LogP contribution in [0.25, 0.3) is 11.1 Å². The molecule has 0 aromatic heterocycles. The molecule has 1 fully saturated rings. The highest BCUT2D eigenvalue weighted by Crippen LogP contribution is 2.35. The number of rotatable bonds is 3. The van der Waals surface area contributed by atoms with Crippen molar-refractivity contribution in [2.45, 2.75) is 4.90 Å². The zero-order valence-corrected chi connectivity index (χ0v) is 13.4. The first-order chi connectivity index (χ1) is 10.9. The Morgan fingerprint density at radius 2 is 1.87 bits per heavy atom. The number of benzene rings is 2. The van der Waals surface area contributed by atoms with Crippen LogP contribution < -0.4 is 10.2 Å². The summed E-state index contributed by atoms with van der Waals surface area (Å²) >= 11 is 6.15. The molecule has 0 radical (unpaired) electrons. The Morgan fingerprint density at radius 3 is 2.48 bits per heavy atom. The Morgan fingerprint density at radius 1 is 1.13 bits per heavy atom. The van der Waals surface area contributed by atoms with Crippen molar-refractivity contribution in [3.8, 4) is 11.1 Å². The first kappa shape index (κ1) is 15.8. The summed E-state index contributed by atoms with van der Waals surface area (Å²) in [5, 5.41) is 3.02. The van der Waals surface area contributed by atoms with E-state index in [1.54, 1.807) is 24.3 Å². The van der Waals surface area contributed by atoms with Gasteiger partial charge >= 0.3 is 6.03 Å². The fraction of sp³-hybridized carbons (Fsp3) is 0.133. The summed E-state index contributed by atoms with van der Waals surface area (Å²) in [5.41, 5.74) is 1.24. The zero-order chi connectivity index (χ0) is 16.6. The second-order valence-corrected chi connectivity index (χ2v) is 6.82. The Balaban J connectivity index is 2.21. The number of halogens is 1. The fourth-order valence-corrected chi connectivity index (χ4v) is 3.44. The van der Waals surface area contributed by atoms with E-state index < -0.39 is 10.1 Å². The van der Waals surface area contributed by atoms with Crippen LogP contribution in [0.3, 0.4) is 0 Å². The third-order valence-electron chi connectivity index (χ3n) is 3.57. The van der Waals surface area contributed by atoms with Crippen molar-refractivity contribution in [1.29, 1.82) is 0 Å². The van der Waals surface area contributed by atoms with Gasteiger partial charge in [0, 0.05) is 34.9 Å². The lowest BCUT2D eigenvalue weighted by Gasteiger charge is -2.17. The highest BCUT2D eigenvalue weighted by atomic mass is 35.5. The minimum atomic E-state index is -4.43. The van der Waals surface area contributed by atoms with Gasteiger partial charge in [-0.15, -0.1) is 0 Å². The van der Waals surface area contributed by atoms with E-state index in [4.69, 9.17) is 11.6 Å². The molecule has 2 amide bonds. The van der Waals surface area contributed by atoms with Crippen LogP contribution in [-0.4, -0.2) is 32.1 Å². The predicted octanol–water partition coefficient (Wildman–Crippen LogP) is 2.78. The number of hydrogen-bond donors (Lipinski definition) is 2. The molecule has 0 bridgehead atoms. The second kappa shape index (κ2) is 5.84. The van der Waals surface area contributed by atoms with Crippen molar-refractivity contribution in [3.05, 3.63) is 47.5 Å². The Labute approximate surface area is 138 Å². The summed E-state index contributed by atoms with van der Waals surface area (Å²) in [6, 6.07) is 10.7. The molecular weight excluding hydrogens is 340 g/mol. The molecule has 1 heterocycles. The molecule has 0 unspecified atom stereocenters. The maximum Gasteiger partial charge on any atom is 0.321 e. The maximum absolute atomic E-state index is 11.8. The number of anilines is 1. The van der Waals surface area contributed by atoms with Crippen LogP contribution in [0.15, 0.2) is 47.4 Å². The maximum atomic E-state index is 11.8. The first-order valence-electron chi connectivity index (χ1n) is 6.80. The van der Waals surface area contributed by atoms with Crippen molar-refractivity contribution in [2.75, 3.05) is 18.0 Å². The summed E-state index contributed by atoms with van der Waals surface area (Å²) < 4.78 is 32.8. The van der Waals surface area contributed by atoms with Crippen molar-refractivity contribution >= 4 is 33.4 Å². The molecule has 1 aliphatic rings. The van der Waals surface area contributed by atoms with Gasteiger partial charge in [0.2, 0.25) is 0 Å². The standard InChI is InChI=1S/C15H13ClN2O4S/c16-13-4-2-1-3-11(13)12-9-10(18-8-7-17-15(18)19)5-6-14(12)23(20,21)22/h1-6,9H,7-8H2,(H,17,19)(H,20,21,22). The normalized spacial score (nSPS) is 14.9. The van der Waals surface area contributed by atoms with Crippen LogP contribution in [0.1, 0.15) is 0 Å². The molecule has 0 atom stereocenters. The highest BCUT2D eigenvalue weighted by Gasteiger charge is 2.24. The average Bonchev–Trinajstić information content (AvgIpc) is 2.92. The predicted molar refractivity (Wildman–Crippen MR) is 87.4 cm³/mol. The fourth-order valence-electron chi connectivity index (χ4n) is 2.52. The van der Waals surface area contributed by atoms with Crippen molar-refractivity contribution in [2.24, 2.45) is 0 Å². The van der Waals surface area contributed by atoms with E-state index in [1.807, 2.05) is 0 Å². The minimum Gasteiger partial charge on any atom is -0.336 e. The minimum absolute atomic E-state index is 0.246. The van der Waals surface area contributed by atoms with Crippen molar-refractivity contribution < 1.29 is 17.8 Å². The van der Waals surface area contributed by atoms with E-state index in [1.165, 1.54) is 23.1 Å². The van der Waals surface area contributed by atoms with Gasteiger partial charge in [0.25, 0.3) is 10.1 Å². The second-order valence-electron chi connectivity index (χ2n) is 5.02. The number of carbonyl (C=O) groups excluding carboxylic acids is 1. The summed E-state index contributed by atoms with van der Waals surface area (Å²) in [5.74, 6) is 0. The van der Waals surface area contributed by atoms with Crippen molar-refractivity contribution in [1.82, 2.24) is 5.32 Å². The SMILES string of the molecule is O=C1NCCN1c1ccc(S(=O)(=O)O)c(-c2ccccc2Cl)c1. The van der Waals surface area contributed by atoms with Crippen molar-refractivity contribution in [3.63, 3.8) is 0 Å². The molecule has 23 heavy (non-hydrogen) atoms. The van der Waals surface area contributed by atoms with E-state index >= 15 is 0 Å². The molecule has 6 nitrogen and oxygen atoms in total. The van der Waals surface area contributed by atoms with E-state index in [9.17, 15) is 17.8 Å². The smallest absolute Gasteiger partial charge is 0.321 e. The molecule has 0 saturated carbocycles. The molecule has 3 rings (SSSR count). The first-order valence-corrected chi connectivity index (χ1v) is 8.61. The van der Waals surface area contributed by atoms with Crippen LogP contribution in [0.2, 0.25) is 5.02 Å². The molecule has 0 aliphatic carbocycles. The molecule has 8 heteroatoms. The van der Waals surface area contributed by atoms with E-state index in [0.29, 0.717) is 29.4 Å². The quantitative estimate of drug-likeness (QED) is 0.831. The Kier molecular flexibility index (Phi) is 4.01. The van der Waals surface area contributed by atoms with Gasteiger partial charge in [0.05, 0.1) is 0 Å². The summed E-state index contributed by atoms with van der Waals surface area (Å²) in [6.07, 6.45) is 0. The molecule has 2 aromatic rings. The van der Waals surface area contributed by atoms with Gasteiger partial charge in [-0.25, -0.2) is 4.79 Å². The van der Waals surface area contributed by atoms with Gasteiger partial charge < -0.3 is 5.32 Å². The van der Waals surface area contributed by atoms with Crippen LogP contribution in [-0.2, 0) is 10.1 Å². The third kappa shape index (κ3) is 3.03. The average molecular weight is 353 g/mol. The summed E-state index contributed by atoms with van der Waals surface area (Å²) in [4.78, 5) is 13.0. The van der Waals surface area contributed by atoms with E-state index in [2.05, 4.69) is 5.32 Å². The molecule has 120 valence electrons. The van der Waals surface area contributed by atoms with Gasteiger partial charge in [0.1, 0.15) is 4.90 Å².